The van der Waals surface area contributed by atoms with Crippen molar-refractivity contribution in [3.8, 4) is 0 Å². The predicted octanol–water partition coefficient (Wildman–Crippen LogP) is 2.58. The van der Waals surface area contributed by atoms with Crippen LogP contribution in [0.1, 0.15) is 5.56 Å². The Bertz CT molecular complexity index is 866. The molecule has 0 radical (unpaired) electrons. The number of para-hydroxylation sites is 2. The van der Waals surface area contributed by atoms with Gasteiger partial charge in [-0.05, 0) is 24.3 Å². The summed E-state index contributed by atoms with van der Waals surface area (Å²) < 4.78 is 39.0. The van der Waals surface area contributed by atoms with Crippen LogP contribution in [0.4, 0.5) is 24.5 Å². The second-order valence-corrected chi connectivity index (χ2v) is 6.92. The number of piperazine rings is 1. The molecule has 9 heteroatoms. The average Bonchev–Trinajstić information content (AvgIpc) is 2.74. The van der Waals surface area contributed by atoms with Crippen molar-refractivity contribution in [2.45, 2.75) is 6.18 Å². The van der Waals surface area contributed by atoms with Gasteiger partial charge in [0, 0.05) is 45.0 Å². The quantitative estimate of drug-likeness (QED) is 0.730. The van der Waals surface area contributed by atoms with Crippen molar-refractivity contribution >= 4 is 23.2 Å². The molecule has 2 aromatic rings. The molecular formula is C21H23F3N4O2. The largest absolute Gasteiger partial charge is 0.418 e. The number of amides is 2. The number of hydrogen-bond acceptors (Lipinski definition) is 4. The van der Waals surface area contributed by atoms with Crippen LogP contribution in [0.25, 0.3) is 0 Å². The van der Waals surface area contributed by atoms with Gasteiger partial charge in [-0.25, -0.2) is 0 Å². The first-order chi connectivity index (χ1) is 14.3. The minimum absolute atomic E-state index is 0.235. The summed E-state index contributed by atoms with van der Waals surface area (Å²) in [4.78, 5) is 28.4. The van der Waals surface area contributed by atoms with Gasteiger partial charge < -0.3 is 15.5 Å². The summed E-state index contributed by atoms with van der Waals surface area (Å²) in [7, 11) is 0. The van der Waals surface area contributed by atoms with Gasteiger partial charge >= 0.3 is 18.0 Å². The SMILES string of the molecule is O=C(NCCN1CCN(c2ccccc2)CC1)C(=O)Nc1ccccc1C(F)(F)F. The summed E-state index contributed by atoms with van der Waals surface area (Å²) in [6.07, 6.45) is -4.62. The van der Waals surface area contributed by atoms with Gasteiger partial charge in [-0.15, -0.1) is 0 Å². The van der Waals surface area contributed by atoms with Gasteiger partial charge in [0.2, 0.25) is 0 Å². The Labute approximate surface area is 172 Å². The summed E-state index contributed by atoms with van der Waals surface area (Å²) in [5.74, 6) is -2.09. The van der Waals surface area contributed by atoms with Crippen molar-refractivity contribution < 1.29 is 22.8 Å². The second kappa shape index (κ2) is 9.62. The molecule has 0 spiro atoms. The van der Waals surface area contributed by atoms with Crippen LogP contribution < -0.4 is 15.5 Å². The summed E-state index contributed by atoms with van der Waals surface area (Å²) in [6.45, 7) is 4.13. The summed E-state index contributed by atoms with van der Waals surface area (Å²) in [5, 5.41) is 4.50. The van der Waals surface area contributed by atoms with Gasteiger partial charge in [0.15, 0.2) is 0 Å². The molecule has 1 aliphatic rings. The van der Waals surface area contributed by atoms with E-state index < -0.39 is 29.2 Å². The Morgan fingerprint density at radius 1 is 0.867 bits per heavy atom. The van der Waals surface area contributed by atoms with Crippen LogP contribution in [0.2, 0.25) is 0 Å². The van der Waals surface area contributed by atoms with Gasteiger partial charge in [-0.1, -0.05) is 30.3 Å². The average molecular weight is 420 g/mol. The number of alkyl halides is 3. The third kappa shape index (κ3) is 5.73. The molecule has 2 N–H and O–H groups in total. The number of rotatable bonds is 5. The molecule has 2 aromatic carbocycles. The third-order valence-electron chi connectivity index (χ3n) is 4.89. The minimum Gasteiger partial charge on any atom is -0.369 e. The van der Waals surface area contributed by atoms with Crippen LogP contribution >= 0.6 is 0 Å². The van der Waals surface area contributed by atoms with E-state index in [1.54, 1.807) is 0 Å². The minimum atomic E-state index is -4.62. The Morgan fingerprint density at radius 2 is 1.50 bits per heavy atom. The first-order valence-corrected chi connectivity index (χ1v) is 9.62. The zero-order valence-electron chi connectivity index (χ0n) is 16.3. The van der Waals surface area contributed by atoms with Gasteiger partial charge in [0.25, 0.3) is 0 Å². The fourth-order valence-electron chi connectivity index (χ4n) is 3.29. The van der Waals surface area contributed by atoms with Crippen LogP contribution in [0.3, 0.4) is 0 Å². The molecule has 2 amide bonds. The van der Waals surface area contributed by atoms with Gasteiger partial charge in [0.05, 0.1) is 11.3 Å². The number of halogens is 3. The monoisotopic (exact) mass is 420 g/mol. The maximum absolute atomic E-state index is 13.0. The molecule has 160 valence electrons. The number of benzene rings is 2. The van der Waals surface area contributed by atoms with Gasteiger partial charge in [-0.2, -0.15) is 13.2 Å². The smallest absolute Gasteiger partial charge is 0.369 e. The lowest BCUT2D eigenvalue weighted by molar-refractivity contribution is -0.138. The first kappa shape index (κ1) is 21.6. The third-order valence-corrected chi connectivity index (χ3v) is 4.89. The van der Waals surface area contributed by atoms with Crippen LogP contribution in [0, 0.1) is 0 Å². The van der Waals surface area contributed by atoms with E-state index >= 15 is 0 Å². The second-order valence-electron chi connectivity index (χ2n) is 6.92. The van der Waals surface area contributed by atoms with Gasteiger partial charge in [0.1, 0.15) is 0 Å². The molecule has 0 atom stereocenters. The Morgan fingerprint density at radius 3 is 2.17 bits per heavy atom. The van der Waals surface area contributed by atoms with Crippen molar-refractivity contribution in [3.63, 3.8) is 0 Å². The standard InChI is InChI=1S/C21H23F3N4O2/c22-21(23,24)17-8-4-5-9-18(17)26-20(30)19(29)25-10-11-27-12-14-28(15-13-27)16-6-2-1-3-7-16/h1-9H,10-15H2,(H,25,29)(H,26,30). The lowest BCUT2D eigenvalue weighted by Gasteiger charge is -2.36. The Hall–Kier alpha value is -3.07. The van der Waals surface area contributed by atoms with E-state index in [9.17, 15) is 22.8 Å². The number of hydrogen-bond donors (Lipinski definition) is 2. The van der Waals surface area contributed by atoms with Crippen molar-refractivity contribution in [2.24, 2.45) is 0 Å². The number of carbonyl (C=O) groups excluding carboxylic acids is 2. The van der Waals surface area contributed by atoms with Crippen LogP contribution in [-0.4, -0.2) is 56.0 Å². The zero-order chi connectivity index (χ0) is 21.6. The summed E-state index contributed by atoms with van der Waals surface area (Å²) in [5.41, 5.74) is -0.272. The van der Waals surface area contributed by atoms with Gasteiger partial charge in [-0.3, -0.25) is 14.5 Å². The zero-order valence-corrected chi connectivity index (χ0v) is 16.3. The topological polar surface area (TPSA) is 64.7 Å². The van der Waals surface area contributed by atoms with Crippen LogP contribution in [-0.2, 0) is 15.8 Å². The molecule has 0 saturated carbocycles. The van der Waals surface area contributed by atoms with Crippen molar-refractivity contribution in [1.29, 1.82) is 0 Å². The maximum Gasteiger partial charge on any atom is 0.418 e. The Kier molecular flexibility index (Phi) is 6.94. The maximum atomic E-state index is 13.0. The predicted molar refractivity (Wildman–Crippen MR) is 108 cm³/mol. The Balaban J connectivity index is 1.42. The van der Waals surface area contributed by atoms with E-state index in [4.69, 9.17) is 0 Å². The number of carbonyl (C=O) groups is 2. The molecule has 1 fully saturated rings. The molecule has 6 nitrogen and oxygen atoms in total. The molecule has 1 saturated heterocycles. The van der Waals surface area contributed by atoms with E-state index in [2.05, 4.69) is 27.2 Å². The first-order valence-electron chi connectivity index (χ1n) is 9.62. The van der Waals surface area contributed by atoms with E-state index in [0.717, 1.165) is 38.3 Å². The van der Waals surface area contributed by atoms with E-state index in [1.165, 1.54) is 17.8 Å². The molecule has 1 aliphatic heterocycles. The highest BCUT2D eigenvalue weighted by atomic mass is 19.4. The molecule has 3 rings (SSSR count). The normalized spacial score (nSPS) is 15.0. The van der Waals surface area contributed by atoms with E-state index in [0.29, 0.717) is 6.54 Å². The molecule has 1 heterocycles. The molecule has 0 aromatic heterocycles. The summed E-state index contributed by atoms with van der Waals surface area (Å²) >= 11 is 0. The van der Waals surface area contributed by atoms with Crippen LogP contribution in [0.15, 0.2) is 54.6 Å². The molecular weight excluding hydrogens is 397 g/mol. The van der Waals surface area contributed by atoms with Crippen molar-refractivity contribution in [3.05, 3.63) is 60.2 Å². The number of nitrogens with one attached hydrogen (secondary N) is 2. The summed E-state index contributed by atoms with van der Waals surface area (Å²) in [6, 6.07) is 14.6. The highest BCUT2D eigenvalue weighted by Crippen LogP contribution is 2.34. The van der Waals surface area contributed by atoms with E-state index in [-0.39, 0.29) is 6.54 Å². The van der Waals surface area contributed by atoms with Crippen molar-refractivity contribution in [2.75, 3.05) is 49.5 Å². The number of anilines is 2. The molecule has 0 aliphatic carbocycles. The molecule has 0 unspecified atom stereocenters. The lowest BCUT2D eigenvalue weighted by Crippen LogP contribution is -2.49. The molecule has 30 heavy (non-hydrogen) atoms. The highest BCUT2D eigenvalue weighted by molar-refractivity contribution is 6.39. The fourth-order valence-corrected chi connectivity index (χ4v) is 3.29. The molecule has 0 bridgehead atoms. The number of nitrogens with zero attached hydrogens (tertiary/aromatic N) is 2. The highest BCUT2D eigenvalue weighted by Gasteiger charge is 2.34. The van der Waals surface area contributed by atoms with Crippen LogP contribution in [0.5, 0.6) is 0 Å². The fraction of sp³-hybridized carbons (Fsp3) is 0.333. The lowest BCUT2D eigenvalue weighted by atomic mass is 10.1. The van der Waals surface area contributed by atoms with Crippen molar-refractivity contribution in [1.82, 2.24) is 10.2 Å². The van der Waals surface area contributed by atoms with E-state index in [1.807, 2.05) is 23.5 Å².